The molecule has 7 nitrogen and oxygen atoms in total. The molecule has 2 heterocycles. The second-order valence-corrected chi connectivity index (χ2v) is 7.25. The van der Waals surface area contributed by atoms with Crippen LogP contribution in [0, 0.1) is 20.8 Å². The molecular formula is C21H25N3O4. The highest BCUT2D eigenvalue weighted by Gasteiger charge is 2.22. The van der Waals surface area contributed by atoms with Gasteiger partial charge in [0.2, 0.25) is 0 Å². The third kappa shape index (κ3) is 3.78. The summed E-state index contributed by atoms with van der Waals surface area (Å²) >= 11 is 0. The number of ether oxygens (including phenoxy) is 1. The molecule has 0 fully saturated rings. The Morgan fingerprint density at radius 3 is 2.64 bits per heavy atom. The van der Waals surface area contributed by atoms with E-state index in [4.69, 9.17) is 9.15 Å². The van der Waals surface area contributed by atoms with Crippen molar-refractivity contribution >= 4 is 16.9 Å². The van der Waals surface area contributed by atoms with E-state index in [0.717, 1.165) is 22.1 Å². The second-order valence-electron chi connectivity index (χ2n) is 7.25. The van der Waals surface area contributed by atoms with Crippen molar-refractivity contribution in [2.24, 2.45) is 7.05 Å². The summed E-state index contributed by atoms with van der Waals surface area (Å²) in [6.07, 6.45) is 2.91. The number of carbonyl (C=O) groups excluding carboxylic acids is 1. The van der Waals surface area contributed by atoms with Gasteiger partial charge in [0.25, 0.3) is 5.91 Å². The normalized spacial score (nSPS) is 12.2. The van der Waals surface area contributed by atoms with Gasteiger partial charge in [0, 0.05) is 38.0 Å². The maximum atomic E-state index is 12.8. The molecule has 0 spiro atoms. The molecule has 2 aromatic heterocycles. The lowest BCUT2D eigenvalue weighted by Gasteiger charge is -2.22. The molecule has 0 radical (unpaired) electrons. The first-order valence-corrected chi connectivity index (χ1v) is 9.11. The summed E-state index contributed by atoms with van der Waals surface area (Å²) in [5, 5.41) is 4.84. The molecule has 1 unspecified atom stereocenters. The summed E-state index contributed by atoms with van der Waals surface area (Å²) in [6.45, 7) is 7.64. The van der Waals surface area contributed by atoms with Gasteiger partial charge in [-0.15, -0.1) is 0 Å². The van der Waals surface area contributed by atoms with Crippen LogP contribution in [-0.4, -0.2) is 33.7 Å². The fourth-order valence-corrected chi connectivity index (χ4v) is 3.24. The van der Waals surface area contributed by atoms with Crippen molar-refractivity contribution in [2.75, 3.05) is 7.05 Å². The first kappa shape index (κ1) is 19.7. The average molecular weight is 383 g/mol. The van der Waals surface area contributed by atoms with Gasteiger partial charge >= 0.3 is 5.63 Å². The van der Waals surface area contributed by atoms with Crippen molar-refractivity contribution < 1.29 is 13.9 Å². The van der Waals surface area contributed by atoms with Crippen molar-refractivity contribution in [1.29, 1.82) is 0 Å². The van der Waals surface area contributed by atoms with Gasteiger partial charge in [0.15, 0.2) is 6.10 Å². The molecule has 7 heteroatoms. The number of aromatic nitrogens is 2. The molecule has 0 aliphatic rings. The van der Waals surface area contributed by atoms with E-state index < -0.39 is 6.10 Å². The van der Waals surface area contributed by atoms with Crippen LogP contribution in [0.25, 0.3) is 11.0 Å². The number of aryl methyl sites for hydroxylation is 3. The van der Waals surface area contributed by atoms with E-state index in [2.05, 4.69) is 5.10 Å². The number of carbonyl (C=O) groups is 1. The molecule has 0 aliphatic carbocycles. The zero-order chi connectivity index (χ0) is 20.6. The Morgan fingerprint density at radius 1 is 1.29 bits per heavy atom. The highest BCUT2D eigenvalue weighted by Crippen LogP contribution is 2.31. The van der Waals surface area contributed by atoms with Gasteiger partial charge in [-0.1, -0.05) is 0 Å². The minimum absolute atomic E-state index is 0.148. The van der Waals surface area contributed by atoms with Gasteiger partial charge in [-0.3, -0.25) is 9.48 Å². The van der Waals surface area contributed by atoms with Crippen LogP contribution in [0.2, 0.25) is 0 Å². The topological polar surface area (TPSA) is 77.6 Å². The van der Waals surface area contributed by atoms with Crippen LogP contribution in [0.3, 0.4) is 0 Å². The molecule has 0 saturated heterocycles. The fraction of sp³-hybridized carbons (Fsp3) is 0.381. The standard InChI is InChI=1S/C21H25N3O4/c1-12-7-17(19-13(2)14(3)21(26)28-18(19)8-12)27-15(4)20(25)23(5)10-16-9-22-24(6)11-16/h7-9,11,15H,10H2,1-6H3. The van der Waals surface area contributed by atoms with Gasteiger partial charge in [-0.05, 0) is 51.0 Å². The van der Waals surface area contributed by atoms with E-state index in [-0.39, 0.29) is 11.5 Å². The Labute approximate surface area is 163 Å². The smallest absolute Gasteiger partial charge is 0.339 e. The number of rotatable bonds is 5. The Morgan fingerprint density at radius 2 is 2.00 bits per heavy atom. The van der Waals surface area contributed by atoms with Crippen LogP contribution >= 0.6 is 0 Å². The first-order chi connectivity index (χ1) is 13.2. The molecule has 1 amide bonds. The number of nitrogens with zero attached hydrogens (tertiary/aromatic N) is 3. The third-order valence-electron chi connectivity index (χ3n) is 4.86. The fourth-order valence-electron chi connectivity index (χ4n) is 3.24. The maximum Gasteiger partial charge on any atom is 0.339 e. The van der Waals surface area contributed by atoms with E-state index in [0.29, 0.717) is 23.4 Å². The Bertz CT molecular complexity index is 1100. The van der Waals surface area contributed by atoms with Gasteiger partial charge in [0.1, 0.15) is 11.3 Å². The van der Waals surface area contributed by atoms with E-state index in [1.807, 2.05) is 33.2 Å². The molecular weight excluding hydrogens is 358 g/mol. The molecule has 0 N–H and O–H groups in total. The largest absolute Gasteiger partial charge is 0.480 e. The third-order valence-corrected chi connectivity index (χ3v) is 4.86. The highest BCUT2D eigenvalue weighted by molar-refractivity contribution is 5.89. The highest BCUT2D eigenvalue weighted by atomic mass is 16.5. The van der Waals surface area contributed by atoms with Gasteiger partial charge < -0.3 is 14.1 Å². The second kappa shape index (κ2) is 7.50. The number of benzene rings is 1. The molecule has 0 bridgehead atoms. The molecule has 1 aromatic carbocycles. The zero-order valence-electron chi connectivity index (χ0n) is 17.1. The Hall–Kier alpha value is -3.09. The predicted octanol–water partition coefficient (Wildman–Crippen LogP) is 2.88. The van der Waals surface area contributed by atoms with Crippen molar-refractivity contribution in [3.8, 4) is 5.75 Å². The van der Waals surface area contributed by atoms with Crippen LogP contribution in [0.5, 0.6) is 5.75 Å². The van der Waals surface area contributed by atoms with E-state index in [1.165, 1.54) is 0 Å². The Balaban J connectivity index is 1.88. The van der Waals surface area contributed by atoms with Crippen LogP contribution in [-0.2, 0) is 18.4 Å². The van der Waals surface area contributed by atoms with E-state index >= 15 is 0 Å². The summed E-state index contributed by atoms with van der Waals surface area (Å²) in [7, 11) is 3.57. The van der Waals surface area contributed by atoms with Crippen LogP contribution in [0.1, 0.15) is 29.2 Å². The predicted molar refractivity (Wildman–Crippen MR) is 106 cm³/mol. The molecule has 148 valence electrons. The van der Waals surface area contributed by atoms with Crippen molar-refractivity contribution in [3.63, 3.8) is 0 Å². The summed E-state index contributed by atoms with van der Waals surface area (Å²) in [5.41, 5.74) is 3.27. The number of hydrogen-bond donors (Lipinski definition) is 0. The lowest BCUT2D eigenvalue weighted by Crippen LogP contribution is -2.37. The number of amides is 1. The summed E-state index contributed by atoms with van der Waals surface area (Å²) < 4.78 is 13.2. The monoisotopic (exact) mass is 383 g/mol. The van der Waals surface area contributed by atoms with Gasteiger partial charge in [0.05, 0.1) is 11.6 Å². The molecule has 3 aromatic rings. The van der Waals surface area contributed by atoms with Gasteiger partial charge in [-0.2, -0.15) is 5.10 Å². The SMILES string of the molecule is Cc1cc(OC(C)C(=O)N(C)Cc2cnn(C)c2)c2c(C)c(C)c(=O)oc2c1. The molecule has 1 atom stereocenters. The van der Waals surface area contributed by atoms with Crippen LogP contribution in [0.4, 0.5) is 0 Å². The lowest BCUT2D eigenvalue weighted by molar-refractivity contribution is -0.137. The lowest BCUT2D eigenvalue weighted by atomic mass is 10.0. The molecule has 28 heavy (non-hydrogen) atoms. The van der Waals surface area contributed by atoms with Crippen molar-refractivity contribution in [3.05, 3.63) is 57.2 Å². The zero-order valence-corrected chi connectivity index (χ0v) is 17.1. The van der Waals surface area contributed by atoms with Gasteiger partial charge in [-0.25, -0.2) is 4.79 Å². The number of likely N-dealkylation sites (N-methyl/N-ethyl adjacent to an activating group) is 1. The quantitative estimate of drug-likeness (QED) is 0.633. The van der Waals surface area contributed by atoms with Crippen LogP contribution < -0.4 is 10.4 Å². The maximum absolute atomic E-state index is 12.8. The Kier molecular flexibility index (Phi) is 5.27. The average Bonchev–Trinajstić information content (AvgIpc) is 3.03. The molecule has 3 rings (SSSR count). The van der Waals surface area contributed by atoms with Crippen LogP contribution in [0.15, 0.2) is 33.7 Å². The summed E-state index contributed by atoms with van der Waals surface area (Å²) in [4.78, 5) is 26.4. The van der Waals surface area contributed by atoms with E-state index in [9.17, 15) is 9.59 Å². The van der Waals surface area contributed by atoms with Crippen molar-refractivity contribution in [1.82, 2.24) is 14.7 Å². The minimum atomic E-state index is -0.696. The number of hydrogen-bond acceptors (Lipinski definition) is 5. The summed E-state index contributed by atoms with van der Waals surface area (Å²) in [6, 6.07) is 3.66. The minimum Gasteiger partial charge on any atom is -0.480 e. The van der Waals surface area contributed by atoms with Crippen molar-refractivity contribution in [2.45, 2.75) is 40.3 Å². The van der Waals surface area contributed by atoms with E-state index in [1.54, 1.807) is 42.7 Å². The number of fused-ring (bicyclic) bond motifs is 1. The molecule has 0 saturated carbocycles. The first-order valence-electron chi connectivity index (χ1n) is 9.11. The summed E-state index contributed by atoms with van der Waals surface area (Å²) in [5.74, 6) is 0.389. The molecule has 0 aliphatic heterocycles.